The third-order valence-corrected chi connectivity index (χ3v) is 3.29. The fourth-order valence-electron chi connectivity index (χ4n) is 2.32. The fourth-order valence-corrected chi connectivity index (χ4v) is 2.32. The molecule has 10 heteroatoms. The van der Waals surface area contributed by atoms with Gasteiger partial charge in [-0.3, -0.25) is 4.90 Å². The first-order valence-electron chi connectivity index (χ1n) is 6.22. The highest BCUT2D eigenvalue weighted by Gasteiger charge is 2.34. The van der Waals surface area contributed by atoms with E-state index >= 15 is 0 Å². The summed E-state index contributed by atoms with van der Waals surface area (Å²) in [6.07, 6.45) is 2.83. The number of hydrogen-bond acceptors (Lipinski definition) is 8. The summed E-state index contributed by atoms with van der Waals surface area (Å²) in [5.74, 6) is 0.393. The van der Waals surface area contributed by atoms with Crippen LogP contribution >= 0.6 is 0 Å². The van der Waals surface area contributed by atoms with Crippen molar-refractivity contribution in [3.05, 3.63) is 52.5 Å². The van der Waals surface area contributed by atoms with Gasteiger partial charge in [0.05, 0.1) is 11.9 Å². The highest BCUT2D eigenvalue weighted by Crippen LogP contribution is 2.39. The number of benzene rings is 1. The molecule has 4 rings (SSSR count). The number of aliphatic hydroxyl groups excluding tert-OH is 1. The van der Waals surface area contributed by atoms with Gasteiger partial charge in [-0.1, -0.05) is 0 Å². The maximum absolute atomic E-state index is 11.1. The molecule has 0 saturated heterocycles. The molecule has 0 atom stereocenters. The number of fused-ring (bicyclic) bond motifs is 2. The molecule has 3 heterocycles. The lowest BCUT2D eigenvalue weighted by Gasteiger charge is -2.26. The Hall–Kier alpha value is -3.43. The van der Waals surface area contributed by atoms with Crippen LogP contribution in [0.4, 0.5) is 11.5 Å². The molecule has 0 spiro atoms. The van der Waals surface area contributed by atoms with Gasteiger partial charge < -0.3 is 24.7 Å². The molecule has 0 radical (unpaired) electrons. The number of nitro groups is 1. The third-order valence-electron chi connectivity index (χ3n) is 3.29. The second kappa shape index (κ2) is 4.28. The molecule has 2 N–H and O–H groups in total. The molecule has 1 aromatic carbocycles. The van der Waals surface area contributed by atoms with Crippen molar-refractivity contribution in [2.24, 2.45) is 0 Å². The molecular formula is C12H9N5O5. The summed E-state index contributed by atoms with van der Waals surface area (Å²) in [6.45, 7) is 0.111. The Labute approximate surface area is 122 Å². The minimum atomic E-state index is -0.710. The van der Waals surface area contributed by atoms with Crippen molar-refractivity contribution < 1.29 is 19.5 Å². The molecular weight excluding hydrogens is 294 g/mol. The molecule has 0 fully saturated rings. The van der Waals surface area contributed by atoms with E-state index < -0.39 is 16.6 Å². The van der Waals surface area contributed by atoms with Crippen LogP contribution in [-0.2, 0) is 0 Å². The largest absolute Gasteiger partial charge is 0.488 e. The molecule has 0 amide bonds. The van der Waals surface area contributed by atoms with Crippen molar-refractivity contribution in [2.75, 3.05) is 17.1 Å². The number of ether oxygens (including phenoxy) is 2. The minimum Gasteiger partial charge on any atom is -0.488 e. The van der Waals surface area contributed by atoms with Gasteiger partial charge >= 0.3 is 5.82 Å². The van der Waals surface area contributed by atoms with E-state index in [2.05, 4.69) is 10.4 Å². The SMILES string of the molecule is O=[N+]([O-])C1=C(O)N(c2ccc3c(c2)OCO3)c2cncn2N1. The highest BCUT2D eigenvalue weighted by atomic mass is 16.7. The molecule has 2 aliphatic heterocycles. The van der Waals surface area contributed by atoms with Crippen molar-refractivity contribution in [3.63, 3.8) is 0 Å². The number of aromatic nitrogens is 2. The minimum absolute atomic E-state index is 0.111. The lowest BCUT2D eigenvalue weighted by Crippen LogP contribution is -2.34. The van der Waals surface area contributed by atoms with Gasteiger partial charge in [-0.25, -0.2) is 4.98 Å². The van der Waals surface area contributed by atoms with Gasteiger partial charge in [-0.15, -0.1) is 0 Å². The smallest absolute Gasteiger partial charge is 0.401 e. The number of nitrogens with zero attached hydrogens (tertiary/aromatic N) is 4. The maximum atomic E-state index is 11.1. The normalized spacial score (nSPS) is 15.5. The highest BCUT2D eigenvalue weighted by molar-refractivity contribution is 5.69. The van der Waals surface area contributed by atoms with Crippen LogP contribution in [-0.4, -0.2) is 26.5 Å². The molecule has 2 aliphatic rings. The summed E-state index contributed by atoms with van der Waals surface area (Å²) in [5, 5.41) is 21.3. The second-order valence-corrected chi connectivity index (χ2v) is 4.54. The van der Waals surface area contributed by atoms with Crippen LogP contribution in [0, 0.1) is 10.1 Å². The molecule has 112 valence electrons. The van der Waals surface area contributed by atoms with Gasteiger partial charge in [0.1, 0.15) is 6.33 Å². The van der Waals surface area contributed by atoms with E-state index in [1.54, 1.807) is 18.2 Å². The van der Waals surface area contributed by atoms with Crippen LogP contribution in [0.3, 0.4) is 0 Å². The van der Waals surface area contributed by atoms with Crippen molar-refractivity contribution in [1.29, 1.82) is 0 Å². The Bertz CT molecular complexity index is 814. The average molecular weight is 303 g/mol. The average Bonchev–Trinajstić information content (AvgIpc) is 3.13. The predicted octanol–water partition coefficient (Wildman–Crippen LogP) is 1.27. The Morgan fingerprint density at radius 1 is 1.36 bits per heavy atom. The molecule has 0 unspecified atom stereocenters. The lowest BCUT2D eigenvalue weighted by atomic mass is 10.2. The molecule has 22 heavy (non-hydrogen) atoms. The number of aliphatic hydroxyl groups is 1. The second-order valence-electron chi connectivity index (χ2n) is 4.54. The van der Waals surface area contributed by atoms with Crippen molar-refractivity contribution in [2.45, 2.75) is 0 Å². The third kappa shape index (κ3) is 1.63. The monoisotopic (exact) mass is 303 g/mol. The van der Waals surface area contributed by atoms with E-state index in [9.17, 15) is 15.2 Å². The predicted molar refractivity (Wildman–Crippen MR) is 72.9 cm³/mol. The summed E-state index contributed by atoms with van der Waals surface area (Å²) < 4.78 is 11.9. The van der Waals surface area contributed by atoms with E-state index in [-0.39, 0.29) is 6.79 Å². The summed E-state index contributed by atoms with van der Waals surface area (Å²) in [7, 11) is 0. The van der Waals surface area contributed by atoms with E-state index in [1.807, 2.05) is 0 Å². The zero-order valence-corrected chi connectivity index (χ0v) is 11.0. The fraction of sp³-hybridized carbons (Fsp3) is 0.0833. The summed E-state index contributed by atoms with van der Waals surface area (Å²) in [4.78, 5) is 15.6. The van der Waals surface area contributed by atoms with Crippen molar-refractivity contribution >= 4 is 11.5 Å². The number of imidazole rings is 1. The van der Waals surface area contributed by atoms with Gasteiger partial charge in [-0.05, 0) is 17.1 Å². The number of rotatable bonds is 2. The molecule has 0 bridgehead atoms. The summed E-state index contributed by atoms with van der Waals surface area (Å²) >= 11 is 0. The Balaban J connectivity index is 1.87. The van der Waals surface area contributed by atoms with Gasteiger partial charge in [0.25, 0.3) is 5.88 Å². The van der Waals surface area contributed by atoms with Gasteiger partial charge in [-0.2, -0.15) is 10.1 Å². The van der Waals surface area contributed by atoms with Crippen molar-refractivity contribution in [1.82, 2.24) is 9.66 Å². The maximum Gasteiger partial charge on any atom is 0.401 e. The van der Waals surface area contributed by atoms with Crippen LogP contribution in [0.5, 0.6) is 11.5 Å². The Morgan fingerprint density at radius 3 is 3.00 bits per heavy atom. The van der Waals surface area contributed by atoms with Gasteiger partial charge in [0.15, 0.2) is 17.3 Å². The number of anilines is 2. The van der Waals surface area contributed by atoms with Crippen LogP contribution < -0.4 is 19.8 Å². The first-order valence-corrected chi connectivity index (χ1v) is 6.22. The quantitative estimate of drug-likeness (QED) is 0.629. The Morgan fingerprint density at radius 2 is 2.18 bits per heavy atom. The van der Waals surface area contributed by atoms with E-state index in [0.717, 1.165) is 0 Å². The van der Waals surface area contributed by atoms with Crippen LogP contribution in [0.1, 0.15) is 0 Å². The van der Waals surface area contributed by atoms with Crippen molar-refractivity contribution in [3.8, 4) is 11.5 Å². The van der Waals surface area contributed by atoms with Crippen LogP contribution in [0.2, 0.25) is 0 Å². The Kier molecular flexibility index (Phi) is 2.40. The van der Waals surface area contributed by atoms with Gasteiger partial charge in [0, 0.05) is 6.07 Å². The summed E-state index contributed by atoms with van der Waals surface area (Å²) in [5.41, 5.74) is 2.94. The molecule has 2 aromatic rings. The zero-order chi connectivity index (χ0) is 15.3. The first kappa shape index (κ1) is 12.3. The lowest BCUT2D eigenvalue weighted by molar-refractivity contribution is -0.427. The van der Waals surface area contributed by atoms with E-state index in [0.29, 0.717) is 23.0 Å². The van der Waals surface area contributed by atoms with E-state index in [1.165, 1.54) is 22.1 Å². The van der Waals surface area contributed by atoms with Gasteiger partial charge in [0.2, 0.25) is 6.79 Å². The summed E-state index contributed by atoms with van der Waals surface area (Å²) in [6, 6.07) is 4.95. The molecule has 1 aromatic heterocycles. The number of hydrogen-bond donors (Lipinski definition) is 2. The first-order chi connectivity index (χ1) is 10.6. The number of nitrogens with one attached hydrogen (secondary N) is 1. The molecule has 0 saturated carbocycles. The molecule has 10 nitrogen and oxygen atoms in total. The topological polar surface area (TPSA) is 115 Å². The van der Waals surface area contributed by atoms with Crippen LogP contribution in [0.15, 0.2) is 42.4 Å². The zero-order valence-electron chi connectivity index (χ0n) is 11.0. The molecule has 0 aliphatic carbocycles. The van der Waals surface area contributed by atoms with E-state index in [4.69, 9.17) is 9.47 Å². The standard InChI is InChI=1S/C12H9N5O5/c18-12-11(17(19)20)14-15-5-13-4-10(15)16(12)7-1-2-8-9(3-7)22-6-21-8/h1-5,14,18H,6H2. The van der Waals surface area contributed by atoms with Crippen LogP contribution in [0.25, 0.3) is 0 Å².